The molecular weight excluding hydrogens is 355 g/mol. The third kappa shape index (κ3) is 4.32. The number of hydrogen-bond donors (Lipinski definition) is 2. The molecule has 0 aliphatic carbocycles. The highest BCUT2D eigenvalue weighted by atomic mass is 19.1. The standard InChI is InChI=1S/C21H29FN6/c1-27(2)14-18-10-23-12-20(25-18)28-9-3-4-16(13-28)21-19(11-24-26-21)15-5-7-17(22)8-6-15/h5-8,10,12,16,19,21,24,26H,3-4,9,11,13-14H2,1-2H3. The van der Waals surface area contributed by atoms with Gasteiger partial charge in [0.15, 0.2) is 0 Å². The van der Waals surface area contributed by atoms with E-state index in [2.05, 4.69) is 25.6 Å². The molecule has 2 fully saturated rings. The van der Waals surface area contributed by atoms with E-state index in [1.807, 2.05) is 38.6 Å². The molecule has 28 heavy (non-hydrogen) atoms. The van der Waals surface area contributed by atoms with Crippen molar-refractivity contribution in [3.8, 4) is 0 Å². The van der Waals surface area contributed by atoms with Crippen LogP contribution in [0.3, 0.4) is 0 Å². The Bertz CT molecular complexity index is 781. The van der Waals surface area contributed by atoms with Crippen molar-refractivity contribution in [3.05, 3.63) is 53.7 Å². The predicted octanol–water partition coefficient (Wildman–Crippen LogP) is 2.15. The Morgan fingerprint density at radius 3 is 2.82 bits per heavy atom. The Hall–Kier alpha value is -2.09. The minimum atomic E-state index is -0.181. The number of nitrogens with zero attached hydrogens (tertiary/aromatic N) is 4. The van der Waals surface area contributed by atoms with E-state index >= 15 is 0 Å². The van der Waals surface area contributed by atoms with Gasteiger partial charge in [-0.2, -0.15) is 0 Å². The van der Waals surface area contributed by atoms with Gasteiger partial charge in [0.1, 0.15) is 11.6 Å². The Morgan fingerprint density at radius 1 is 1.21 bits per heavy atom. The van der Waals surface area contributed by atoms with Crippen molar-refractivity contribution in [2.75, 3.05) is 38.6 Å². The van der Waals surface area contributed by atoms with Crippen LogP contribution < -0.4 is 15.8 Å². The Balaban J connectivity index is 1.48. The average Bonchev–Trinajstić information content (AvgIpc) is 3.18. The van der Waals surface area contributed by atoms with Gasteiger partial charge in [0.2, 0.25) is 0 Å². The molecule has 1 aromatic carbocycles. The summed E-state index contributed by atoms with van der Waals surface area (Å²) in [6.07, 6.45) is 6.04. The number of piperidine rings is 1. The third-order valence-corrected chi connectivity index (χ3v) is 5.76. The van der Waals surface area contributed by atoms with Crippen LogP contribution in [0.25, 0.3) is 0 Å². The van der Waals surface area contributed by atoms with Crippen molar-refractivity contribution in [2.24, 2.45) is 5.92 Å². The largest absolute Gasteiger partial charge is 0.355 e. The fraction of sp³-hybridized carbons (Fsp3) is 0.524. The van der Waals surface area contributed by atoms with Gasteiger partial charge < -0.3 is 9.80 Å². The SMILES string of the molecule is CN(C)Cc1cncc(N2CCCC(C3NNCC3c3ccc(F)cc3)C2)n1. The van der Waals surface area contributed by atoms with Gasteiger partial charge in [-0.1, -0.05) is 12.1 Å². The van der Waals surface area contributed by atoms with Crippen molar-refractivity contribution in [1.29, 1.82) is 0 Å². The van der Waals surface area contributed by atoms with E-state index in [-0.39, 0.29) is 5.82 Å². The van der Waals surface area contributed by atoms with Crippen molar-refractivity contribution in [3.63, 3.8) is 0 Å². The summed E-state index contributed by atoms with van der Waals surface area (Å²) in [5.41, 5.74) is 8.99. The van der Waals surface area contributed by atoms with E-state index < -0.39 is 0 Å². The molecule has 0 amide bonds. The zero-order valence-electron chi connectivity index (χ0n) is 16.6. The number of hydrazine groups is 1. The summed E-state index contributed by atoms with van der Waals surface area (Å²) < 4.78 is 13.3. The van der Waals surface area contributed by atoms with Crippen LogP contribution in [0.15, 0.2) is 36.7 Å². The number of halogens is 1. The van der Waals surface area contributed by atoms with Gasteiger partial charge in [0.25, 0.3) is 0 Å². The molecule has 150 valence electrons. The zero-order chi connectivity index (χ0) is 19.5. The molecule has 6 nitrogen and oxygen atoms in total. The molecular formula is C21H29FN6. The quantitative estimate of drug-likeness (QED) is 0.824. The van der Waals surface area contributed by atoms with Crippen LogP contribution in [0.4, 0.5) is 10.2 Å². The van der Waals surface area contributed by atoms with Crippen molar-refractivity contribution < 1.29 is 4.39 Å². The second kappa shape index (κ2) is 8.51. The first-order chi connectivity index (χ1) is 13.6. The highest BCUT2D eigenvalue weighted by Gasteiger charge is 2.37. The Kier molecular flexibility index (Phi) is 5.85. The van der Waals surface area contributed by atoms with Crippen LogP contribution in [0, 0.1) is 11.7 Å². The van der Waals surface area contributed by atoms with Crippen LogP contribution in [0.1, 0.15) is 30.0 Å². The van der Waals surface area contributed by atoms with Crippen molar-refractivity contribution >= 4 is 5.82 Å². The molecule has 3 heterocycles. The molecule has 0 bridgehead atoms. The number of anilines is 1. The average molecular weight is 385 g/mol. The van der Waals surface area contributed by atoms with Crippen LogP contribution in [0.2, 0.25) is 0 Å². The van der Waals surface area contributed by atoms with E-state index in [1.54, 1.807) is 12.1 Å². The Morgan fingerprint density at radius 2 is 2.04 bits per heavy atom. The summed E-state index contributed by atoms with van der Waals surface area (Å²) in [6.45, 7) is 3.62. The molecule has 3 unspecified atom stereocenters. The summed E-state index contributed by atoms with van der Waals surface area (Å²) in [7, 11) is 4.08. The van der Waals surface area contributed by atoms with E-state index in [1.165, 1.54) is 12.0 Å². The van der Waals surface area contributed by atoms with E-state index in [0.717, 1.165) is 44.1 Å². The molecule has 2 N–H and O–H groups in total. The zero-order valence-corrected chi connectivity index (χ0v) is 16.6. The molecule has 0 radical (unpaired) electrons. The lowest BCUT2D eigenvalue weighted by atomic mass is 9.81. The van der Waals surface area contributed by atoms with Crippen LogP contribution in [0.5, 0.6) is 0 Å². The molecule has 1 aromatic heterocycles. The predicted molar refractivity (Wildman–Crippen MR) is 108 cm³/mol. The monoisotopic (exact) mass is 384 g/mol. The molecule has 2 saturated heterocycles. The number of rotatable bonds is 5. The third-order valence-electron chi connectivity index (χ3n) is 5.76. The number of benzene rings is 1. The van der Waals surface area contributed by atoms with Crippen LogP contribution in [-0.4, -0.2) is 54.6 Å². The lowest BCUT2D eigenvalue weighted by Crippen LogP contribution is -2.47. The second-order valence-corrected chi connectivity index (χ2v) is 8.16. The van der Waals surface area contributed by atoms with Gasteiger partial charge in [0, 0.05) is 44.3 Å². The topological polar surface area (TPSA) is 56.3 Å². The second-order valence-electron chi connectivity index (χ2n) is 8.16. The van der Waals surface area contributed by atoms with Crippen LogP contribution >= 0.6 is 0 Å². The minimum Gasteiger partial charge on any atom is -0.355 e. The summed E-state index contributed by atoms with van der Waals surface area (Å²) in [5.74, 6) is 1.63. The molecule has 0 spiro atoms. The number of nitrogens with one attached hydrogen (secondary N) is 2. The first kappa shape index (κ1) is 19.2. The lowest BCUT2D eigenvalue weighted by Gasteiger charge is -2.38. The maximum atomic E-state index is 13.3. The molecule has 3 atom stereocenters. The number of hydrogen-bond acceptors (Lipinski definition) is 6. The smallest absolute Gasteiger partial charge is 0.147 e. The molecule has 2 aliphatic rings. The van der Waals surface area contributed by atoms with E-state index in [0.29, 0.717) is 17.9 Å². The lowest BCUT2D eigenvalue weighted by molar-refractivity contribution is 0.304. The fourth-order valence-corrected chi connectivity index (χ4v) is 4.45. The molecule has 0 saturated carbocycles. The van der Waals surface area contributed by atoms with E-state index in [4.69, 9.17) is 4.98 Å². The summed E-state index contributed by atoms with van der Waals surface area (Å²) in [4.78, 5) is 13.7. The first-order valence-electron chi connectivity index (χ1n) is 10.0. The number of aromatic nitrogens is 2. The minimum absolute atomic E-state index is 0.181. The van der Waals surface area contributed by atoms with Crippen molar-refractivity contribution in [2.45, 2.75) is 31.3 Å². The summed E-state index contributed by atoms with van der Waals surface area (Å²) >= 11 is 0. The highest BCUT2D eigenvalue weighted by molar-refractivity contribution is 5.37. The highest BCUT2D eigenvalue weighted by Crippen LogP contribution is 2.32. The maximum absolute atomic E-state index is 13.3. The van der Waals surface area contributed by atoms with Gasteiger partial charge in [-0.3, -0.25) is 15.8 Å². The molecule has 2 aromatic rings. The molecule has 2 aliphatic heterocycles. The maximum Gasteiger partial charge on any atom is 0.147 e. The normalized spacial score (nSPS) is 25.4. The van der Waals surface area contributed by atoms with E-state index in [9.17, 15) is 4.39 Å². The van der Waals surface area contributed by atoms with Crippen molar-refractivity contribution in [1.82, 2.24) is 25.7 Å². The van der Waals surface area contributed by atoms with Gasteiger partial charge in [0.05, 0.1) is 11.9 Å². The van der Waals surface area contributed by atoms with Gasteiger partial charge in [-0.25, -0.2) is 9.37 Å². The van der Waals surface area contributed by atoms with Gasteiger partial charge in [-0.05, 0) is 50.6 Å². The molecule has 7 heteroatoms. The molecule has 4 rings (SSSR count). The fourth-order valence-electron chi connectivity index (χ4n) is 4.45. The Labute approximate surface area is 166 Å². The van der Waals surface area contributed by atoms with Crippen LogP contribution in [-0.2, 0) is 6.54 Å². The van der Waals surface area contributed by atoms with Gasteiger partial charge in [-0.15, -0.1) is 0 Å². The summed E-state index contributed by atoms with van der Waals surface area (Å²) in [6, 6.07) is 7.27. The van der Waals surface area contributed by atoms with Gasteiger partial charge >= 0.3 is 0 Å². The summed E-state index contributed by atoms with van der Waals surface area (Å²) in [5, 5.41) is 0. The first-order valence-corrected chi connectivity index (χ1v) is 10.0.